The predicted octanol–water partition coefficient (Wildman–Crippen LogP) is 1.74. The maximum atomic E-state index is 6.40. The third-order valence-electron chi connectivity index (χ3n) is 3.33. The molecule has 0 saturated heterocycles. The first kappa shape index (κ1) is 9.69. The van der Waals surface area contributed by atoms with E-state index in [4.69, 9.17) is 11.5 Å². The summed E-state index contributed by atoms with van der Waals surface area (Å²) in [5, 5.41) is 0. The third kappa shape index (κ3) is 1.56. The van der Waals surface area contributed by atoms with Crippen molar-refractivity contribution in [3.05, 3.63) is 35.9 Å². The number of rotatable bonds is 1. The van der Waals surface area contributed by atoms with Crippen LogP contribution in [0.5, 0.6) is 0 Å². The summed E-state index contributed by atoms with van der Waals surface area (Å²) in [6, 6.07) is 10.4. The molecule has 1 fully saturated rings. The highest BCUT2D eigenvalue weighted by molar-refractivity contribution is 5.26. The summed E-state index contributed by atoms with van der Waals surface area (Å²) in [7, 11) is 0. The monoisotopic (exact) mass is 190 g/mol. The minimum absolute atomic E-state index is 0.110. The molecule has 1 saturated carbocycles. The number of hydrogen-bond acceptors (Lipinski definition) is 2. The Kier molecular flexibility index (Phi) is 2.57. The van der Waals surface area contributed by atoms with E-state index in [1.54, 1.807) is 0 Å². The Morgan fingerprint density at radius 1 is 1.14 bits per heavy atom. The fraction of sp³-hybridized carbons (Fsp3) is 0.500. The van der Waals surface area contributed by atoms with Gasteiger partial charge in [-0.2, -0.15) is 0 Å². The van der Waals surface area contributed by atoms with E-state index in [1.807, 2.05) is 18.2 Å². The van der Waals surface area contributed by atoms with Gasteiger partial charge in [0.1, 0.15) is 0 Å². The van der Waals surface area contributed by atoms with Crippen molar-refractivity contribution < 1.29 is 0 Å². The minimum atomic E-state index is -0.292. The summed E-state index contributed by atoms with van der Waals surface area (Å²) in [6.07, 6.45) is 4.47. The van der Waals surface area contributed by atoms with Gasteiger partial charge < -0.3 is 11.5 Å². The summed E-state index contributed by atoms with van der Waals surface area (Å²) in [5.74, 6) is 0. The first-order valence-electron chi connectivity index (χ1n) is 5.33. The van der Waals surface area contributed by atoms with Crippen molar-refractivity contribution in [2.24, 2.45) is 11.5 Å². The zero-order valence-corrected chi connectivity index (χ0v) is 8.45. The van der Waals surface area contributed by atoms with Gasteiger partial charge in [-0.05, 0) is 18.4 Å². The largest absolute Gasteiger partial charge is 0.326 e. The average Bonchev–Trinajstić information content (AvgIpc) is 2.24. The van der Waals surface area contributed by atoms with Crippen LogP contribution in [0.3, 0.4) is 0 Å². The molecule has 0 radical (unpaired) electrons. The van der Waals surface area contributed by atoms with Crippen molar-refractivity contribution in [2.75, 3.05) is 0 Å². The van der Waals surface area contributed by atoms with Gasteiger partial charge in [-0.1, -0.05) is 43.2 Å². The van der Waals surface area contributed by atoms with E-state index < -0.39 is 0 Å². The van der Waals surface area contributed by atoms with Crippen LogP contribution in [0.1, 0.15) is 31.2 Å². The smallest absolute Gasteiger partial charge is 0.0562 e. The molecular weight excluding hydrogens is 172 g/mol. The fourth-order valence-electron chi connectivity index (χ4n) is 2.33. The summed E-state index contributed by atoms with van der Waals surface area (Å²) < 4.78 is 0. The van der Waals surface area contributed by atoms with Gasteiger partial charge in [-0.25, -0.2) is 0 Å². The van der Waals surface area contributed by atoms with Crippen molar-refractivity contribution in [1.82, 2.24) is 0 Å². The molecule has 2 rings (SSSR count). The second-order valence-corrected chi connectivity index (χ2v) is 4.26. The van der Waals surface area contributed by atoms with Gasteiger partial charge in [0.2, 0.25) is 0 Å². The van der Waals surface area contributed by atoms with Crippen LogP contribution in [0, 0.1) is 0 Å². The van der Waals surface area contributed by atoms with Gasteiger partial charge in [0.05, 0.1) is 5.54 Å². The number of hydrogen-bond donors (Lipinski definition) is 2. The lowest BCUT2D eigenvalue weighted by atomic mass is 9.74. The van der Waals surface area contributed by atoms with Crippen molar-refractivity contribution in [2.45, 2.75) is 37.3 Å². The van der Waals surface area contributed by atoms with Gasteiger partial charge in [0.15, 0.2) is 0 Å². The molecular formula is C12H18N2. The Hall–Kier alpha value is -0.860. The van der Waals surface area contributed by atoms with E-state index >= 15 is 0 Å². The highest BCUT2D eigenvalue weighted by Gasteiger charge is 2.36. The first-order valence-corrected chi connectivity index (χ1v) is 5.33. The molecule has 1 aliphatic rings. The Bertz CT molecular complexity index is 296. The molecule has 0 amide bonds. The third-order valence-corrected chi connectivity index (χ3v) is 3.33. The molecule has 2 unspecified atom stereocenters. The molecule has 0 heterocycles. The summed E-state index contributed by atoms with van der Waals surface area (Å²) in [5.41, 5.74) is 13.4. The lowest BCUT2D eigenvalue weighted by Gasteiger charge is -2.39. The molecule has 0 aromatic heterocycles. The van der Waals surface area contributed by atoms with Crippen molar-refractivity contribution >= 4 is 0 Å². The van der Waals surface area contributed by atoms with Crippen LogP contribution in [-0.4, -0.2) is 6.04 Å². The maximum Gasteiger partial charge on any atom is 0.0562 e. The molecule has 1 aliphatic carbocycles. The molecule has 76 valence electrons. The maximum absolute atomic E-state index is 6.40. The van der Waals surface area contributed by atoms with E-state index in [0.717, 1.165) is 12.8 Å². The van der Waals surface area contributed by atoms with Crippen LogP contribution in [0.2, 0.25) is 0 Å². The van der Waals surface area contributed by atoms with Gasteiger partial charge in [0, 0.05) is 6.04 Å². The van der Waals surface area contributed by atoms with Crippen LogP contribution < -0.4 is 11.5 Å². The van der Waals surface area contributed by atoms with E-state index in [-0.39, 0.29) is 11.6 Å². The molecule has 1 aromatic carbocycles. The minimum Gasteiger partial charge on any atom is -0.326 e. The van der Waals surface area contributed by atoms with Crippen LogP contribution in [0.25, 0.3) is 0 Å². The zero-order valence-electron chi connectivity index (χ0n) is 8.45. The van der Waals surface area contributed by atoms with E-state index in [2.05, 4.69) is 12.1 Å². The van der Waals surface area contributed by atoms with Gasteiger partial charge >= 0.3 is 0 Å². The van der Waals surface area contributed by atoms with Gasteiger partial charge in [0.25, 0.3) is 0 Å². The lowest BCUT2D eigenvalue weighted by molar-refractivity contribution is 0.256. The van der Waals surface area contributed by atoms with Crippen molar-refractivity contribution in [3.8, 4) is 0 Å². The highest BCUT2D eigenvalue weighted by Crippen LogP contribution is 2.33. The Balaban J connectivity index is 2.30. The molecule has 2 atom stereocenters. The fourth-order valence-corrected chi connectivity index (χ4v) is 2.33. The number of benzene rings is 1. The Labute approximate surface area is 85.3 Å². The topological polar surface area (TPSA) is 52.0 Å². The first-order chi connectivity index (χ1) is 6.73. The average molecular weight is 190 g/mol. The molecule has 0 aliphatic heterocycles. The van der Waals surface area contributed by atoms with E-state index in [1.165, 1.54) is 18.4 Å². The standard InChI is InChI=1S/C12H18N2/c13-11-8-4-5-9-12(11,14)10-6-2-1-3-7-10/h1-3,6-7,11H,4-5,8-9,13-14H2. The molecule has 0 bridgehead atoms. The molecule has 1 aromatic rings. The second kappa shape index (κ2) is 3.71. The second-order valence-electron chi connectivity index (χ2n) is 4.26. The van der Waals surface area contributed by atoms with Crippen LogP contribution in [0.4, 0.5) is 0 Å². The molecule has 2 nitrogen and oxygen atoms in total. The summed E-state index contributed by atoms with van der Waals surface area (Å²) >= 11 is 0. The molecule has 14 heavy (non-hydrogen) atoms. The SMILES string of the molecule is NC1CCCCC1(N)c1ccccc1. The lowest BCUT2D eigenvalue weighted by Crippen LogP contribution is -2.54. The van der Waals surface area contributed by atoms with Crippen molar-refractivity contribution in [1.29, 1.82) is 0 Å². The molecule has 4 N–H and O–H groups in total. The molecule has 0 spiro atoms. The van der Waals surface area contributed by atoms with E-state index in [0.29, 0.717) is 0 Å². The molecule has 2 heteroatoms. The van der Waals surface area contributed by atoms with Crippen LogP contribution in [0.15, 0.2) is 30.3 Å². The number of nitrogens with two attached hydrogens (primary N) is 2. The zero-order chi connectivity index (χ0) is 10.0. The summed E-state index contributed by atoms with van der Waals surface area (Å²) in [6.45, 7) is 0. The highest BCUT2D eigenvalue weighted by atomic mass is 14.9. The van der Waals surface area contributed by atoms with Crippen LogP contribution >= 0.6 is 0 Å². The Morgan fingerprint density at radius 2 is 1.86 bits per heavy atom. The van der Waals surface area contributed by atoms with Gasteiger partial charge in [-0.3, -0.25) is 0 Å². The van der Waals surface area contributed by atoms with Gasteiger partial charge in [-0.15, -0.1) is 0 Å². The van der Waals surface area contributed by atoms with Crippen LogP contribution in [-0.2, 0) is 5.54 Å². The normalized spacial score (nSPS) is 32.9. The quantitative estimate of drug-likeness (QED) is 0.708. The van der Waals surface area contributed by atoms with Crippen molar-refractivity contribution in [3.63, 3.8) is 0 Å². The summed E-state index contributed by atoms with van der Waals surface area (Å²) in [4.78, 5) is 0. The predicted molar refractivity (Wildman–Crippen MR) is 58.8 cm³/mol. The Morgan fingerprint density at radius 3 is 2.50 bits per heavy atom. The van der Waals surface area contributed by atoms with E-state index in [9.17, 15) is 0 Å².